The van der Waals surface area contributed by atoms with E-state index >= 15 is 0 Å². The molecule has 0 unspecified atom stereocenters. The van der Waals surface area contributed by atoms with Gasteiger partial charge in [-0.25, -0.2) is 0 Å². The average Bonchev–Trinajstić information content (AvgIpc) is 2.41. The highest BCUT2D eigenvalue weighted by Crippen LogP contribution is 2.31. The van der Waals surface area contributed by atoms with Crippen LogP contribution in [-0.4, -0.2) is 18.8 Å². The van der Waals surface area contributed by atoms with Crippen molar-refractivity contribution in [1.29, 1.82) is 0 Å². The van der Waals surface area contributed by atoms with Gasteiger partial charge in [-0.1, -0.05) is 0 Å². The van der Waals surface area contributed by atoms with E-state index in [1.807, 2.05) is 24.6 Å². The van der Waals surface area contributed by atoms with Crippen LogP contribution in [0.15, 0.2) is 16.9 Å². The number of aromatic nitrogens is 1. The molecule has 0 spiro atoms. The van der Waals surface area contributed by atoms with Crippen LogP contribution < -0.4 is 14.9 Å². The van der Waals surface area contributed by atoms with Crippen molar-refractivity contribution < 1.29 is 9.47 Å². The Morgan fingerprint density at radius 3 is 2.28 bits per heavy atom. The molecule has 0 atom stereocenters. The van der Waals surface area contributed by atoms with Gasteiger partial charge in [0.25, 0.3) is 0 Å². The summed E-state index contributed by atoms with van der Waals surface area (Å²) in [7, 11) is 5.08. The summed E-state index contributed by atoms with van der Waals surface area (Å²) in [5.41, 5.74) is 1.82. The summed E-state index contributed by atoms with van der Waals surface area (Å²) in [4.78, 5) is 12.3. The summed E-state index contributed by atoms with van der Waals surface area (Å²) in [6.45, 7) is 1.93. The standard InChI is InChI=1S/C13H14INO3/c1-7-12(14)13(16)8-5-10(17-3)11(18-4)6-9(8)15(7)2/h5-6H,1-4H3. The Balaban J connectivity index is 2.98. The molecule has 0 fully saturated rings. The summed E-state index contributed by atoms with van der Waals surface area (Å²) in [5.74, 6) is 1.20. The van der Waals surface area contributed by atoms with Gasteiger partial charge in [-0.2, -0.15) is 0 Å². The minimum absolute atomic E-state index is 0.0298. The molecule has 1 heterocycles. The largest absolute Gasteiger partial charge is 0.493 e. The van der Waals surface area contributed by atoms with E-state index in [4.69, 9.17) is 9.47 Å². The molecule has 0 bridgehead atoms. The molecule has 5 heteroatoms. The predicted octanol–water partition coefficient (Wildman–Crippen LogP) is 2.47. The zero-order valence-corrected chi connectivity index (χ0v) is 12.9. The Bertz CT molecular complexity index is 676. The molecule has 0 amide bonds. The van der Waals surface area contributed by atoms with E-state index in [9.17, 15) is 4.79 Å². The third-order valence-electron chi connectivity index (χ3n) is 3.13. The molecule has 2 rings (SSSR count). The number of hydrogen-bond acceptors (Lipinski definition) is 3. The summed E-state index contributed by atoms with van der Waals surface area (Å²) in [5, 5.41) is 0.644. The monoisotopic (exact) mass is 359 g/mol. The fraction of sp³-hybridized carbons (Fsp3) is 0.308. The second-order valence-electron chi connectivity index (χ2n) is 4.01. The second kappa shape index (κ2) is 4.79. The maximum atomic E-state index is 12.3. The van der Waals surface area contributed by atoms with E-state index in [1.165, 1.54) is 0 Å². The van der Waals surface area contributed by atoms with Gasteiger partial charge in [-0.3, -0.25) is 4.79 Å². The molecular formula is C13H14INO3. The Kier molecular flexibility index (Phi) is 3.52. The zero-order valence-electron chi connectivity index (χ0n) is 10.7. The molecule has 1 aromatic heterocycles. The molecule has 0 radical (unpaired) electrons. The molecule has 0 aliphatic rings. The first kappa shape index (κ1) is 13.2. The number of hydrogen-bond donors (Lipinski definition) is 0. The maximum absolute atomic E-state index is 12.3. The number of rotatable bonds is 2. The summed E-state index contributed by atoms with van der Waals surface area (Å²) in [6, 6.07) is 3.57. The Hall–Kier alpha value is -1.24. The van der Waals surface area contributed by atoms with Crippen molar-refractivity contribution in [1.82, 2.24) is 4.57 Å². The number of fused-ring (bicyclic) bond motifs is 1. The topological polar surface area (TPSA) is 40.5 Å². The minimum atomic E-state index is 0.0298. The molecule has 0 saturated heterocycles. The van der Waals surface area contributed by atoms with Crippen molar-refractivity contribution in [3.05, 3.63) is 31.6 Å². The number of halogens is 1. The third-order valence-corrected chi connectivity index (χ3v) is 4.40. The molecule has 0 aliphatic heterocycles. The Morgan fingerprint density at radius 1 is 1.17 bits per heavy atom. The smallest absolute Gasteiger partial charge is 0.203 e. The first-order valence-corrected chi connectivity index (χ1v) is 6.50. The normalized spacial score (nSPS) is 10.7. The van der Waals surface area contributed by atoms with E-state index in [0.717, 1.165) is 14.8 Å². The average molecular weight is 359 g/mol. The number of nitrogens with zero attached hydrogens (tertiary/aromatic N) is 1. The zero-order chi connectivity index (χ0) is 13.4. The van der Waals surface area contributed by atoms with Crippen LogP contribution in [0, 0.1) is 10.5 Å². The fourth-order valence-electron chi connectivity index (χ4n) is 1.94. The highest BCUT2D eigenvalue weighted by atomic mass is 127. The maximum Gasteiger partial charge on any atom is 0.203 e. The molecular weight excluding hydrogens is 345 g/mol. The van der Waals surface area contributed by atoms with Crippen LogP contribution in [0.3, 0.4) is 0 Å². The number of aryl methyl sites for hydroxylation is 1. The Morgan fingerprint density at radius 2 is 1.72 bits per heavy atom. The van der Waals surface area contributed by atoms with Crippen LogP contribution >= 0.6 is 22.6 Å². The van der Waals surface area contributed by atoms with Gasteiger partial charge in [-0.05, 0) is 35.6 Å². The van der Waals surface area contributed by atoms with Gasteiger partial charge in [-0.15, -0.1) is 0 Å². The van der Waals surface area contributed by atoms with E-state index in [-0.39, 0.29) is 5.43 Å². The third kappa shape index (κ3) is 1.86. The number of ether oxygens (including phenoxy) is 2. The molecule has 0 N–H and O–H groups in total. The summed E-state index contributed by atoms with van der Waals surface area (Å²) in [6.07, 6.45) is 0. The number of pyridine rings is 1. The van der Waals surface area contributed by atoms with Crippen LogP contribution in [0.4, 0.5) is 0 Å². The van der Waals surface area contributed by atoms with Crippen molar-refractivity contribution in [2.45, 2.75) is 6.92 Å². The van der Waals surface area contributed by atoms with Crippen molar-refractivity contribution in [2.24, 2.45) is 7.05 Å². The highest BCUT2D eigenvalue weighted by molar-refractivity contribution is 14.1. The first-order chi connectivity index (χ1) is 8.51. The van der Waals surface area contributed by atoms with E-state index in [2.05, 4.69) is 22.6 Å². The lowest BCUT2D eigenvalue weighted by molar-refractivity contribution is 0.355. The fourth-order valence-corrected chi connectivity index (χ4v) is 2.59. The van der Waals surface area contributed by atoms with Gasteiger partial charge in [0, 0.05) is 18.8 Å². The van der Waals surface area contributed by atoms with Crippen molar-refractivity contribution in [2.75, 3.05) is 14.2 Å². The quantitative estimate of drug-likeness (QED) is 0.774. The van der Waals surface area contributed by atoms with Crippen molar-refractivity contribution >= 4 is 33.5 Å². The second-order valence-corrected chi connectivity index (χ2v) is 5.09. The van der Waals surface area contributed by atoms with Crippen LogP contribution in [0.25, 0.3) is 10.9 Å². The predicted molar refractivity (Wildman–Crippen MR) is 79.7 cm³/mol. The summed E-state index contributed by atoms with van der Waals surface area (Å²) < 4.78 is 13.2. The van der Waals surface area contributed by atoms with Gasteiger partial charge in [0.2, 0.25) is 5.43 Å². The van der Waals surface area contributed by atoms with E-state index in [0.29, 0.717) is 16.9 Å². The lowest BCUT2D eigenvalue weighted by atomic mass is 10.1. The van der Waals surface area contributed by atoms with Crippen molar-refractivity contribution in [3.8, 4) is 11.5 Å². The van der Waals surface area contributed by atoms with Gasteiger partial charge in [0.1, 0.15) is 0 Å². The summed E-state index contributed by atoms with van der Waals surface area (Å²) >= 11 is 2.08. The van der Waals surface area contributed by atoms with Gasteiger partial charge < -0.3 is 14.0 Å². The van der Waals surface area contributed by atoms with Crippen molar-refractivity contribution in [3.63, 3.8) is 0 Å². The molecule has 96 valence electrons. The lowest BCUT2D eigenvalue weighted by Crippen LogP contribution is -2.15. The molecule has 2 aromatic rings. The van der Waals surface area contributed by atoms with Crippen LogP contribution in [0.5, 0.6) is 11.5 Å². The lowest BCUT2D eigenvalue weighted by Gasteiger charge is -2.14. The SMILES string of the molecule is COc1cc2c(=O)c(I)c(C)n(C)c2cc1OC. The molecule has 0 saturated carbocycles. The van der Waals surface area contributed by atoms with Crippen LogP contribution in [0.2, 0.25) is 0 Å². The van der Waals surface area contributed by atoms with Crippen LogP contribution in [0.1, 0.15) is 5.69 Å². The Labute approximate surface area is 119 Å². The van der Waals surface area contributed by atoms with Gasteiger partial charge in [0.05, 0.1) is 28.7 Å². The number of methoxy groups -OCH3 is 2. The van der Waals surface area contributed by atoms with E-state index < -0.39 is 0 Å². The molecule has 1 aromatic carbocycles. The molecule has 0 aliphatic carbocycles. The van der Waals surface area contributed by atoms with Crippen LogP contribution in [-0.2, 0) is 7.05 Å². The first-order valence-electron chi connectivity index (χ1n) is 5.42. The highest BCUT2D eigenvalue weighted by Gasteiger charge is 2.14. The molecule has 18 heavy (non-hydrogen) atoms. The number of benzene rings is 1. The minimum Gasteiger partial charge on any atom is -0.493 e. The van der Waals surface area contributed by atoms with Gasteiger partial charge >= 0.3 is 0 Å². The van der Waals surface area contributed by atoms with E-state index in [1.54, 1.807) is 20.3 Å². The van der Waals surface area contributed by atoms with Gasteiger partial charge in [0.15, 0.2) is 11.5 Å². The molecule has 4 nitrogen and oxygen atoms in total.